The number of methoxy groups -OCH3 is 1. The van der Waals surface area contributed by atoms with Crippen molar-refractivity contribution in [3.63, 3.8) is 0 Å². The largest absolute Gasteiger partial charge is 0.468 e. The molecule has 0 saturated heterocycles. The number of ketones is 1. The van der Waals surface area contributed by atoms with Gasteiger partial charge in [-0.25, -0.2) is 0 Å². The van der Waals surface area contributed by atoms with Gasteiger partial charge in [-0.3, -0.25) is 4.79 Å². The van der Waals surface area contributed by atoms with Crippen molar-refractivity contribution >= 4 is 24.4 Å². The number of Topliss-reactive ketones (excluding diaryl/α,β-unsaturated/α-hetero) is 1. The Labute approximate surface area is 90.6 Å². The van der Waals surface area contributed by atoms with Crippen LogP contribution >= 0.6 is 12.6 Å². The van der Waals surface area contributed by atoms with E-state index >= 15 is 0 Å². The maximum absolute atomic E-state index is 10.9. The van der Waals surface area contributed by atoms with Crippen LogP contribution in [0.2, 0.25) is 0 Å². The minimum absolute atomic E-state index is 0.223. The molecule has 0 radical (unpaired) electrons. The Hall–Kier alpha value is -0.510. The van der Waals surface area contributed by atoms with Crippen molar-refractivity contribution in [1.82, 2.24) is 0 Å². The van der Waals surface area contributed by atoms with Gasteiger partial charge in [0.15, 0.2) is 0 Å². The number of unbranched alkanes of at least 4 members (excludes halogenated alkanes) is 2. The van der Waals surface area contributed by atoms with E-state index in [1.54, 1.807) is 6.92 Å². The van der Waals surface area contributed by atoms with Crippen LogP contribution in [-0.4, -0.2) is 24.1 Å². The monoisotopic (exact) mass is 218 g/mol. The molecule has 0 aromatic rings. The van der Waals surface area contributed by atoms with Gasteiger partial charge >= 0.3 is 5.97 Å². The minimum atomic E-state index is -0.322. The van der Waals surface area contributed by atoms with Crippen molar-refractivity contribution in [2.24, 2.45) is 0 Å². The third-order valence-corrected chi connectivity index (χ3v) is 2.45. The smallest absolute Gasteiger partial charge is 0.318 e. The molecule has 0 bridgehead atoms. The molecule has 0 saturated carbocycles. The second-order valence-corrected chi connectivity index (χ2v) is 3.96. The summed E-state index contributed by atoms with van der Waals surface area (Å²) in [6.45, 7) is 1.59. The molecule has 14 heavy (non-hydrogen) atoms. The molecule has 0 aliphatic rings. The molecule has 0 spiro atoms. The van der Waals surface area contributed by atoms with E-state index in [4.69, 9.17) is 0 Å². The summed E-state index contributed by atoms with van der Waals surface area (Å²) < 4.78 is 4.54. The van der Waals surface area contributed by atoms with Gasteiger partial charge in [0.2, 0.25) is 0 Å². The second-order valence-electron chi connectivity index (χ2n) is 3.34. The molecule has 0 aliphatic carbocycles. The lowest BCUT2D eigenvalue weighted by Crippen LogP contribution is -2.15. The fourth-order valence-corrected chi connectivity index (χ4v) is 1.43. The summed E-state index contributed by atoms with van der Waals surface area (Å²) in [4.78, 5) is 21.5. The lowest BCUT2D eigenvalue weighted by molar-refractivity contribution is -0.140. The molecule has 1 atom stereocenters. The van der Waals surface area contributed by atoms with Gasteiger partial charge in [0.25, 0.3) is 0 Å². The third-order valence-electron chi connectivity index (χ3n) is 1.98. The van der Waals surface area contributed by atoms with Gasteiger partial charge in [0.1, 0.15) is 5.78 Å². The average molecular weight is 218 g/mol. The van der Waals surface area contributed by atoms with E-state index in [1.807, 2.05) is 0 Å². The van der Waals surface area contributed by atoms with Crippen LogP contribution in [0, 0.1) is 0 Å². The predicted octanol–water partition coefficient (Wildman–Crippen LogP) is 2.00. The van der Waals surface area contributed by atoms with Crippen LogP contribution < -0.4 is 0 Å². The number of esters is 1. The number of carbonyl (C=O) groups is 2. The summed E-state index contributed by atoms with van der Waals surface area (Å²) in [5.41, 5.74) is 0. The number of carbonyl (C=O) groups excluding carboxylic acids is 2. The van der Waals surface area contributed by atoms with Crippen LogP contribution in [0.15, 0.2) is 0 Å². The molecule has 0 rings (SSSR count). The van der Waals surface area contributed by atoms with E-state index in [1.165, 1.54) is 7.11 Å². The van der Waals surface area contributed by atoms with E-state index in [-0.39, 0.29) is 17.0 Å². The SMILES string of the molecule is COC(=O)C(S)CCCCCC(C)=O. The summed E-state index contributed by atoms with van der Waals surface area (Å²) in [5.74, 6) is -0.0553. The summed E-state index contributed by atoms with van der Waals surface area (Å²) in [6.07, 6.45) is 4.13. The normalized spacial score (nSPS) is 12.2. The molecule has 0 amide bonds. The Kier molecular flexibility index (Phi) is 7.57. The molecule has 1 unspecified atom stereocenters. The van der Waals surface area contributed by atoms with Gasteiger partial charge in [-0.15, -0.1) is 0 Å². The molecule has 4 heteroatoms. The van der Waals surface area contributed by atoms with E-state index < -0.39 is 0 Å². The van der Waals surface area contributed by atoms with E-state index in [0.717, 1.165) is 19.3 Å². The molecule has 3 nitrogen and oxygen atoms in total. The highest BCUT2D eigenvalue weighted by molar-refractivity contribution is 7.81. The van der Waals surface area contributed by atoms with Crippen molar-refractivity contribution in [2.75, 3.05) is 7.11 Å². The maximum atomic E-state index is 10.9. The topological polar surface area (TPSA) is 43.4 Å². The molecular formula is C10H18O3S. The van der Waals surface area contributed by atoms with Crippen LogP contribution in [0.3, 0.4) is 0 Å². The predicted molar refractivity (Wildman–Crippen MR) is 58.6 cm³/mol. The van der Waals surface area contributed by atoms with E-state index in [9.17, 15) is 9.59 Å². The van der Waals surface area contributed by atoms with Gasteiger partial charge in [-0.2, -0.15) is 12.6 Å². The first-order valence-corrected chi connectivity index (χ1v) is 5.35. The molecule has 0 N–H and O–H groups in total. The summed E-state index contributed by atoms with van der Waals surface area (Å²) in [6, 6.07) is 0. The number of hydrogen-bond acceptors (Lipinski definition) is 4. The first-order valence-electron chi connectivity index (χ1n) is 4.83. The van der Waals surface area contributed by atoms with Crippen LogP contribution in [0.5, 0.6) is 0 Å². The Balaban J connectivity index is 3.36. The second kappa shape index (κ2) is 7.85. The van der Waals surface area contributed by atoms with Gasteiger partial charge in [0.05, 0.1) is 12.4 Å². The molecule has 0 heterocycles. The zero-order valence-corrected chi connectivity index (χ0v) is 9.68. The minimum Gasteiger partial charge on any atom is -0.468 e. The zero-order valence-electron chi connectivity index (χ0n) is 8.78. The lowest BCUT2D eigenvalue weighted by atomic mass is 10.1. The Bertz CT molecular complexity index is 192. The maximum Gasteiger partial charge on any atom is 0.318 e. The van der Waals surface area contributed by atoms with Crippen LogP contribution in [-0.2, 0) is 14.3 Å². The zero-order chi connectivity index (χ0) is 11.0. The summed E-state index contributed by atoms with van der Waals surface area (Å²) in [7, 11) is 1.36. The van der Waals surface area contributed by atoms with E-state index in [0.29, 0.717) is 12.8 Å². The highest BCUT2D eigenvalue weighted by atomic mass is 32.1. The summed E-state index contributed by atoms with van der Waals surface area (Å²) in [5, 5.41) is -0.322. The van der Waals surface area contributed by atoms with Gasteiger partial charge < -0.3 is 9.53 Å². The number of ether oxygens (including phenoxy) is 1. The van der Waals surface area contributed by atoms with Gasteiger partial charge in [0, 0.05) is 6.42 Å². The molecule has 82 valence electrons. The Morgan fingerprint density at radius 2 is 1.93 bits per heavy atom. The van der Waals surface area contributed by atoms with Crippen LogP contribution in [0.1, 0.15) is 39.0 Å². The molecule has 0 aliphatic heterocycles. The quantitative estimate of drug-likeness (QED) is 0.404. The first kappa shape index (κ1) is 13.5. The molecular weight excluding hydrogens is 200 g/mol. The first-order chi connectivity index (χ1) is 6.57. The highest BCUT2D eigenvalue weighted by Gasteiger charge is 2.12. The number of hydrogen-bond donors (Lipinski definition) is 1. The number of rotatable bonds is 7. The van der Waals surface area contributed by atoms with E-state index in [2.05, 4.69) is 17.4 Å². The number of thiol groups is 1. The Morgan fingerprint density at radius 1 is 1.29 bits per heavy atom. The highest BCUT2D eigenvalue weighted by Crippen LogP contribution is 2.11. The molecule has 0 aromatic carbocycles. The Morgan fingerprint density at radius 3 is 2.43 bits per heavy atom. The van der Waals surface area contributed by atoms with Gasteiger partial charge in [-0.05, 0) is 19.8 Å². The molecule has 0 fully saturated rings. The van der Waals surface area contributed by atoms with Crippen molar-refractivity contribution in [3.05, 3.63) is 0 Å². The fourth-order valence-electron chi connectivity index (χ4n) is 1.14. The summed E-state index contributed by atoms with van der Waals surface area (Å²) >= 11 is 4.11. The van der Waals surface area contributed by atoms with Crippen molar-refractivity contribution in [1.29, 1.82) is 0 Å². The van der Waals surface area contributed by atoms with Gasteiger partial charge in [-0.1, -0.05) is 12.8 Å². The fraction of sp³-hybridized carbons (Fsp3) is 0.800. The third kappa shape index (κ3) is 6.95. The van der Waals surface area contributed by atoms with Crippen molar-refractivity contribution < 1.29 is 14.3 Å². The molecule has 0 aromatic heterocycles. The van der Waals surface area contributed by atoms with Crippen molar-refractivity contribution in [3.8, 4) is 0 Å². The van der Waals surface area contributed by atoms with Crippen molar-refractivity contribution in [2.45, 2.75) is 44.3 Å². The standard InChI is InChI=1S/C10H18O3S/c1-8(11)6-4-3-5-7-9(14)10(12)13-2/h9,14H,3-7H2,1-2H3. The van der Waals surface area contributed by atoms with Crippen LogP contribution in [0.4, 0.5) is 0 Å². The van der Waals surface area contributed by atoms with Crippen LogP contribution in [0.25, 0.3) is 0 Å². The lowest BCUT2D eigenvalue weighted by Gasteiger charge is -2.07. The average Bonchev–Trinajstić information content (AvgIpc) is 2.15.